The first-order valence-electron chi connectivity index (χ1n) is 7.42. The monoisotopic (exact) mass is 432 g/mol. The standard InChI is InChI=1S/C10H11N.C9H11Br.CN.Cu/c1-8(2)10-5-3-4-9(6-10)7-11;1-7(2)8-4-3-5-9(10)6-8;1-2;/h3-6,8H,1-2H3;3-7H,1-2H3;;/q;;-1;+1. The number of hydrogen-bond acceptors (Lipinski definition) is 2. The number of rotatable bonds is 2. The van der Waals surface area contributed by atoms with Gasteiger partial charge in [0.05, 0.1) is 11.6 Å². The summed E-state index contributed by atoms with van der Waals surface area (Å²) in [5, 5.41) is 14.8. The average Bonchev–Trinajstić information content (AvgIpc) is 2.57. The molecule has 130 valence electrons. The zero-order valence-corrected chi connectivity index (χ0v) is 16.9. The molecule has 0 aliphatic rings. The van der Waals surface area contributed by atoms with Crippen LogP contribution in [-0.4, -0.2) is 0 Å². The van der Waals surface area contributed by atoms with E-state index in [4.69, 9.17) is 17.1 Å². The van der Waals surface area contributed by atoms with E-state index in [0.29, 0.717) is 11.8 Å². The molecule has 0 bridgehead atoms. The van der Waals surface area contributed by atoms with Crippen LogP contribution in [-0.2, 0) is 17.1 Å². The van der Waals surface area contributed by atoms with Crippen LogP contribution in [0.5, 0.6) is 0 Å². The molecule has 0 amide bonds. The number of hydrogen-bond donors (Lipinski definition) is 0. The van der Waals surface area contributed by atoms with E-state index in [-0.39, 0.29) is 17.1 Å². The first kappa shape index (κ1) is 24.7. The molecule has 0 aliphatic heterocycles. The van der Waals surface area contributed by atoms with Crippen LogP contribution in [0.2, 0.25) is 0 Å². The van der Waals surface area contributed by atoms with Crippen LogP contribution < -0.4 is 0 Å². The first-order valence-corrected chi connectivity index (χ1v) is 8.21. The van der Waals surface area contributed by atoms with Crippen molar-refractivity contribution in [2.24, 2.45) is 0 Å². The molecule has 2 aromatic rings. The molecule has 0 spiro atoms. The van der Waals surface area contributed by atoms with E-state index >= 15 is 0 Å². The Kier molecular flexibility index (Phi) is 14.2. The van der Waals surface area contributed by atoms with E-state index < -0.39 is 0 Å². The molecule has 0 saturated heterocycles. The predicted octanol–water partition coefficient (Wildman–Crippen LogP) is 6.35. The van der Waals surface area contributed by atoms with Gasteiger partial charge < -0.3 is 11.8 Å². The van der Waals surface area contributed by atoms with Crippen LogP contribution in [0.3, 0.4) is 0 Å². The summed E-state index contributed by atoms with van der Waals surface area (Å²) in [5.74, 6) is 1.13. The van der Waals surface area contributed by atoms with Gasteiger partial charge in [-0.15, -0.1) is 0 Å². The van der Waals surface area contributed by atoms with E-state index in [2.05, 4.69) is 67.9 Å². The minimum absolute atomic E-state index is 0. The number of benzene rings is 2. The van der Waals surface area contributed by atoms with Gasteiger partial charge in [0.2, 0.25) is 0 Å². The SMILES string of the molecule is CC(C)c1cccc(Br)c1.CC(C)c1cccc(C#N)c1.[C-]#N.[Cu+]. The molecule has 2 aromatic carbocycles. The number of nitriles is 1. The normalized spacial score (nSPS) is 8.83. The molecule has 0 N–H and O–H groups in total. The summed E-state index contributed by atoms with van der Waals surface area (Å²) in [6.45, 7) is 13.4. The molecule has 0 aliphatic carbocycles. The quantitative estimate of drug-likeness (QED) is 0.409. The van der Waals surface area contributed by atoms with E-state index in [1.165, 1.54) is 15.6 Å². The smallest absolute Gasteiger partial charge is 0.512 e. The van der Waals surface area contributed by atoms with Crippen LogP contribution in [0.25, 0.3) is 0 Å². The van der Waals surface area contributed by atoms with Crippen LogP contribution in [0.4, 0.5) is 0 Å². The van der Waals surface area contributed by atoms with Crippen LogP contribution in [0.1, 0.15) is 56.2 Å². The van der Waals surface area contributed by atoms with Crippen molar-refractivity contribution in [1.82, 2.24) is 0 Å². The van der Waals surface area contributed by atoms with Crippen molar-refractivity contribution in [2.45, 2.75) is 39.5 Å². The van der Waals surface area contributed by atoms with Gasteiger partial charge in [0.1, 0.15) is 0 Å². The minimum Gasteiger partial charge on any atom is -0.512 e. The Hall–Kier alpha value is -1.58. The first-order chi connectivity index (χ1) is 10.9. The van der Waals surface area contributed by atoms with Crippen molar-refractivity contribution in [1.29, 1.82) is 10.5 Å². The summed E-state index contributed by atoms with van der Waals surface area (Å²) in [6.07, 6.45) is 0. The zero-order chi connectivity index (χ0) is 17.8. The van der Waals surface area contributed by atoms with Gasteiger partial charge in [0, 0.05) is 4.47 Å². The van der Waals surface area contributed by atoms with E-state index in [9.17, 15) is 0 Å². The van der Waals surface area contributed by atoms with Gasteiger partial charge in [-0.25, -0.2) is 0 Å². The third-order valence-corrected chi connectivity index (χ3v) is 3.69. The van der Waals surface area contributed by atoms with Crippen molar-refractivity contribution in [2.75, 3.05) is 0 Å². The molecule has 4 heteroatoms. The number of nitrogens with zero attached hydrogens (tertiary/aromatic N) is 2. The number of halogens is 1. The predicted molar refractivity (Wildman–Crippen MR) is 98.4 cm³/mol. The summed E-state index contributed by atoms with van der Waals surface area (Å²) in [4.78, 5) is 0. The second kappa shape index (κ2) is 13.8. The van der Waals surface area contributed by atoms with Gasteiger partial charge in [-0.1, -0.05) is 67.9 Å². The summed E-state index contributed by atoms with van der Waals surface area (Å²) < 4.78 is 1.17. The second-order valence-corrected chi connectivity index (χ2v) is 6.52. The third kappa shape index (κ3) is 9.53. The van der Waals surface area contributed by atoms with Gasteiger partial charge in [-0.2, -0.15) is 5.26 Å². The second-order valence-electron chi connectivity index (χ2n) is 5.60. The fourth-order valence-corrected chi connectivity index (χ4v) is 2.25. The van der Waals surface area contributed by atoms with Crippen molar-refractivity contribution >= 4 is 15.9 Å². The molecular formula is C20H22BrCuN2. The molecule has 0 heterocycles. The summed E-state index contributed by atoms with van der Waals surface area (Å²) in [6, 6.07) is 18.3. The molecule has 0 radical (unpaired) electrons. The van der Waals surface area contributed by atoms with Gasteiger partial charge in [-0.05, 0) is 47.2 Å². The summed E-state index contributed by atoms with van der Waals surface area (Å²) in [5.41, 5.74) is 3.36. The molecule has 0 saturated carbocycles. The third-order valence-electron chi connectivity index (χ3n) is 3.20. The minimum atomic E-state index is 0. The van der Waals surface area contributed by atoms with Crippen molar-refractivity contribution in [3.63, 3.8) is 0 Å². The Balaban J connectivity index is 0. The van der Waals surface area contributed by atoms with Crippen LogP contribution >= 0.6 is 15.9 Å². The summed E-state index contributed by atoms with van der Waals surface area (Å²) in [7, 11) is 0. The fraction of sp³-hybridized carbons (Fsp3) is 0.300. The van der Waals surface area contributed by atoms with E-state index in [1.807, 2.05) is 30.3 Å². The van der Waals surface area contributed by atoms with Gasteiger partial charge in [0.15, 0.2) is 0 Å². The molecule has 0 atom stereocenters. The Morgan fingerprint density at radius 1 is 0.875 bits per heavy atom. The Morgan fingerprint density at radius 3 is 1.71 bits per heavy atom. The maximum atomic E-state index is 8.59. The largest absolute Gasteiger partial charge is 1.00 e. The maximum Gasteiger partial charge on any atom is 1.00 e. The van der Waals surface area contributed by atoms with Gasteiger partial charge in [0.25, 0.3) is 0 Å². The van der Waals surface area contributed by atoms with Gasteiger partial charge >= 0.3 is 17.1 Å². The Morgan fingerprint density at radius 2 is 1.33 bits per heavy atom. The fourth-order valence-electron chi connectivity index (χ4n) is 1.83. The molecule has 24 heavy (non-hydrogen) atoms. The molecule has 2 nitrogen and oxygen atoms in total. The molecule has 2 rings (SSSR count). The molecule has 0 unspecified atom stereocenters. The molecule has 0 fully saturated rings. The van der Waals surface area contributed by atoms with E-state index in [1.54, 1.807) is 0 Å². The Bertz CT molecular complexity index is 658. The van der Waals surface area contributed by atoms with Gasteiger partial charge in [-0.3, -0.25) is 0 Å². The average molecular weight is 434 g/mol. The van der Waals surface area contributed by atoms with Crippen molar-refractivity contribution in [3.8, 4) is 6.07 Å². The van der Waals surface area contributed by atoms with Crippen molar-refractivity contribution in [3.05, 3.63) is 76.3 Å². The zero-order valence-electron chi connectivity index (χ0n) is 14.3. The van der Waals surface area contributed by atoms with E-state index in [0.717, 1.165) is 5.56 Å². The van der Waals surface area contributed by atoms with Crippen LogP contribution in [0.15, 0.2) is 53.0 Å². The Labute approximate surface area is 165 Å². The molecule has 0 aromatic heterocycles. The molecular weight excluding hydrogens is 412 g/mol. The maximum absolute atomic E-state index is 8.59. The topological polar surface area (TPSA) is 47.6 Å². The van der Waals surface area contributed by atoms with Crippen LogP contribution in [0, 0.1) is 23.2 Å². The summed E-state index contributed by atoms with van der Waals surface area (Å²) >= 11 is 3.43. The van der Waals surface area contributed by atoms with Crippen molar-refractivity contribution < 1.29 is 17.1 Å².